The SMILES string of the molecule is CCC[C@@H](NC(=O)c1sc2ccccc2c1Cl)C(=O)O. The molecule has 1 amide bonds. The van der Waals surface area contributed by atoms with Gasteiger partial charge in [-0.15, -0.1) is 11.3 Å². The highest BCUT2D eigenvalue weighted by molar-refractivity contribution is 7.21. The van der Waals surface area contributed by atoms with E-state index in [2.05, 4.69) is 5.32 Å². The van der Waals surface area contributed by atoms with E-state index in [1.807, 2.05) is 31.2 Å². The molecule has 0 spiro atoms. The molecule has 0 fully saturated rings. The van der Waals surface area contributed by atoms with Crippen LogP contribution in [0.15, 0.2) is 24.3 Å². The normalized spacial score (nSPS) is 12.3. The second-order valence-corrected chi connectivity index (χ2v) is 5.82. The van der Waals surface area contributed by atoms with Crippen LogP contribution in [-0.2, 0) is 4.79 Å². The molecule has 0 saturated heterocycles. The number of hydrogen-bond acceptors (Lipinski definition) is 3. The van der Waals surface area contributed by atoms with Crippen LogP contribution in [0, 0.1) is 0 Å². The van der Waals surface area contributed by atoms with Crippen LogP contribution in [0.3, 0.4) is 0 Å². The fourth-order valence-corrected chi connectivity index (χ4v) is 3.35. The van der Waals surface area contributed by atoms with Crippen molar-refractivity contribution in [3.05, 3.63) is 34.2 Å². The minimum Gasteiger partial charge on any atom is -0.480 e. The maximum Gasteiger partial charge on any atom is 0.326 e. The minimum atomic E-state index is -1.03. The van der Waals surface area contributed by atoms with E-state index in [4.69, 9.17) is 16.7 Å². The second-order valence-electron chi connectivity index (χ2n) is 4.39. The van der Waals surface area contributed by atoms with Crippen LogP contribution in [0.4, 0.5) is 0 Å². The first-order valence-corrected chi connectivity index (χ1v) is 7.44. The molecule has 2 rings (SSSR count). The molecule has 2 N–H and O–H groups in total. The van der Waals surface area contributed by atoms with E-state index in [0.29, 0.717) is 22.7 Å². The Morgan fingerprint density at radius 1 is 1.40 bits per heavy atom. The monoisotopic (exact) mass is 311 g/mol. The Morgan fingerprint density at radius 2 is 2.10 bits per heavy atom. The van der Waals surface area contributed by atoms with Crippen LogP contribution in [0.5, 0.6) is 0 Å². The lowest BCUT2D eigenvalue weighted by atomic mass is 10.1. The number of hydrogen-bond donors (Lipinski definition) is 2. The number of fused-ring (bicyclic) bond motifs is 1. The summed E-state index contributed by atoms with van der Waals surface area (Å²) in [6.45, 7) is 1.87. The van der Waals surface area contributed by atoms with Crippen LogP contribution >= 0.6 is 22.9 Å². The maximum absolute atomic E-state index is 12.2. The molecule has 0 aliphatic rings. The van der Waals surface area contributed by atoms with Gasteiger partial charge in [0.05, 0.1) is 5.02 Å². The van der Waals surface area contributed by atoms with E-state index in [1.165, 1.54) is 11.3 Å². The van der Waals surface area contributed by atoms with Gasteiger partial charge < -0.3 is 10.4 Å². The van der Waals surface area contributed by atoms with Gasteiger partial charge in [-0.1, -0.05) is 43.1 Å². The van der Waals surface area contributed by atoms with Crippen molar-refractivity contribution in [3.63, 3.8) is 0 Å². The molecule has 1 heterocycles. The van der Waals surface area contributed by atoms with E-state index in [9.17, 15) is 9.59 Å². The molecule has 0 bridgehead atoms. The largest absolute Gasteiger partial charge is 0.480 e. The smallest absolute Gasteiger partial charge is 0.326 e. The molecule has 0 radical (unpaired) electrons. The van der Waals surface area contributed by atoms with Crippen molar-refractivity contribution in [2.24, 2.45) is 0 Å². The van der Waals surface area contributed by atoms with E-state index in [-0.39, 0.29) is 0 Å². The number of carboxylic acids is 1. The summed E-state index contributed by atoms with van der Waals surface area (Å²) in [6, 6.07) is 6.55. The molecule has 1 atom stereocenters. The summed E-state index contributed by atoms with van der Waals surface area (Å²) in [5, 5.41) is 12.8. The van der Waals surface area contributed by atoms with Gasteiger partial charge >= 0.3 is 5.97 Å². The van der Waals surface area contributed by atoms with Gasteiger partial charge in [0.15, 0.2) is 0 Å². The zero-order valence-electron chi connectivity index (χ0n) is 10.9. The molecule has 2 aromatic rings. The fraction of sp³-hybridized carbons (Fsp3) is 0.286. The predicted octanol–water partition coefficient (Wildman–Crippen LogP) is 3.54. The summed E-state index contributed by atoms with van der Waals surface area (Å²) in [5.41, 5.74) is 0. The van der Waals surface area contributed by atoms with Crippen LogP contribution in [0.1, 0.15) is 29.4 Å². The molecule has 20 heavy (non-hydrogen) atoms. The molecule has 0 aliphatic carbocycles. The summed E-state index contributed by atoms with van der Waals surface area (Å²) >= 11 is 7.46. The number of rotatable bonds is 5. The van der Waals surface area contributed by atoms with Crippen molar-refractivity contribution < 1.29 is 14.7 Å². The Bertz CT molecular complexity index is 653. The molecule has 1 aromatic carbocycles. The topological polar surface area (TPSA) is 66.4 Å². The van der Waals surface area contributed by atoms with Crippen LogP contribution in [-0.4, -0.2) is 23.0 Å². The van der Waals surface area contributed by atoms with Gasteiger partial charge in [-0.2, -0.15) is 0 Å². The van der Waals surface area contributed by atoms with E-state index in [0.717, 1.165) is 10.1 Å². The Labute approximate surface area is 125 Å². The van der Waals surface area contributed by atoms with E-state index >= 15 is 0 Å². The van der Waals surface area contributed by atoms with Crippen molar-refractivity contribution >= 4 is 44.9 Å². The van der Waals surface area contributed by atoms with Gasteiger partial charge in [-0.3, -0.25) is 4.79 Å². The summed E-state index contributed by atoms with van der Waals surface area (Å²) in [7, 11) is 0. The Kier molecular flexibility index (Phi) is 4.62. The van der Waals surface area contributed by atoms with Gasteiger partial charge in [-0.25, -0.2) is 4.79 Å². The first kappa shape index (κ1) is 14.8. The number of thiophene rings is 1. The summed E-state index contributed by atoms with van der Waals surface area (Å²) in [5.74, 6) is -1.46. The number of amides is 1. The van der Waals surface area contributed by atoms with Gasteiger partial charge in [0.1, 0.15) is 10.9 Å². The average Bonchev–Trinajstić information content (AvgIpc) is 2.76. The first-order chi connectivity index (χ1) is 9.54. The third kappa shape index (κ3) is 2.94. The number of carbonyl (C=O) groups is 2. The minimum absolute atomic E-state index is 0.357. The molecule has 4 nitrogen and oxygen atoms in total. The Balaban J connectivity index is 2.27. The number of carboxylic acid groups (broad SMARTS) is 1. The zero-order chi connectivity index (χ0) is 14.7. The van der Waals surface area contributed by atoms with E-state index in [1.54, 1.807) is 0 Å². The fourth-order valence-electron chi connectivity index (χ4n) is 1.93. The van der Waals surface area contributed by atoms with E-state index < -0.39 is 17.9 Å². The predicted molar refractivity (Wildman–Crippen MR) is 80.6 cm³/mol. The highest BCUT2D eigenvalue weighted by Gasteiger charge is 2.23. The maximum atomic E-state index is 12.2. The van der Waals surface area contributed by atoms with Gasteiger partial charge in [-0.05, 0) is 12.5 Å². The third-order valence-electron chi connectivity index (χ3n) is 2.92. The van der Waals surface area contributed by atoms with Crippen molar-refractivity contribution in [3.8, 4) is 0 Å². The Hall–Kier alpha value is -1.59. The van der Waals surface area contributed by atoms with Crippen molar-refractivity contribution in [2.45, 2.75) is 25.8 Å². The standard InChI is InChI=1S/C14H14ClNO3S/c1-2-5-9(14(18)19)16-13(17)12-11(15)8-6-3-4-7-10(8)20-12/h3-4,6-7,9H,2,5H2,1H3,(H,16,17)(H,18,19)/t9-/m1/s1. The molecular formula is C14H14ClNO3S. The lowest BCUT2D eigenvalue weighted by Crippen LogP contribution is -2.40. The molecule has 0 aliphatic heterocycles. The zero-order valence-corrected chi connectivity index (χ0v) is 12.4. The lowest BCUT2D eigenvalue weighted by molar-refractivity contribution is -0.139. The highest BCUT2D eigenvalue weighted by atomic mass is 35.5. The van der Waals surface area contributed by atoms with Crippen molar-refractivity contribution in [2.75, 3.05) is 0 Å². The number of nitrogens with one attached hydrogen (secondary N) is 1. The average molecular weight is 312 g/mol. The number of benzene rings is 1. The van der Waals surface area contributed by atoms with Crippen molar-refractivity contribution in [1.29, 1.82) is 0 Å². The summed E-state index contributed by atoms with van der Waals surface area (Å²) < 4.78 is 0.907. The molecule has 6 heteroatoms. The Morgan fingerprint density at radius 3 is 2.70 bits per heavy atom. The quantitative estimate of drug-likeness (QED) is 0.887. The lowest BCUT2D eigenvalue weighted by Gasteiger charge is -2.12. The molecule has 0 saturated carbocycles. The molecule has 106 valence electrons. The summed E-state index contributed by atoms with van der Waals surface area (Å²) in [6.07, 6.45) is 1.07. The van der Waals surface area contributed by atoms with Crippen LogP contribution < -0.4 is 5.32 Å². The van der Waals surface area contributed by atoms with Gasteiger partial charge in [0.2, 0.25) is 0 Å². The number of halogens is 1. The molecule has 0 unspecified atom stereocenters. The molecular weight excluding hydrogens is 298 g/mol. The first-order valence-electron chi connectivity index (χ1n) is 6.25. The number of carbonyl (C=O) groups excluding carboxylic acids is 1. The summed E-state index contributed by atoms with van der Waals surface area (Å²) in [4.78, 5) is 23.6. The van der Waals surface area contributed by atoms with Gasteiger partial charge in [0, 0.05) is 10.1 Å². The van der Waals surface area contributed by atoms with Crippen molar-refractivity contribution in [1.82, 2.24) is 5.32 Å². The third-order valence-corrected chi connectivity index (χ3v) is 4.60. The second kappa shape index (κ2) is 6.24. The highest BCUT2D eigenvalue weighted by Crippen LogP contribution is 2.35. The van der Waals surface area contributed by atoms with Gasteiger partial charge in [0.25, 0.3) is 5.91 Å². The van der Waals surface area contributed by atoms with Crippen LogP contribution in [0.2, 0.25) is 5.02 Å². The van der Waals surface area contributed by atoms with Crippen LogP contribution in [0.25, 0.3) is 10.1 Å². The number of aliphatic carboxylic acids is 1. The molecule has 1 aromatic heterocycles.